The summed E-state index contributed by atoms with van der Waals surface area (Å²) in [6.07, 6.45) is 0.0972. The summed E-state index contributed by atoms with van der Waals surface area (Å²) in [5, 5.41) is 8.24. The van der Waals surface area contributed by atoms with Gasteiger partial charge in [0.1, 0.15) is 5.82 Å². The maximum atomic E-state index is 13.1. The second-order valence-corrected chi connectivity index (χ2v) is 5.15. The maximum Gasteiger partial charge on any atom is 0.247 e. The summed E-state index contributed by atoms with van der Waals surface area (Å²) in [5.41, 5.74) is 0.261. The van der Waals surface area contributed by atoms with E-state index in [1.54, 1.807) is 0 Å². The van der Waals surface area contributed by atoms with Gasteiger partial charge in [-0.05, 0) is 18.2 Å². The van der Waals surface area contributed by atoms with Gasteiger partial charge < -0.3 is 5.11 Å². The van der Waals surface area contributed by atoms with E-state index in [-0.39, 0.29) is 30.5 Å². The van der Waals surface area contributed by atoms with Gasteiger partial charge in [-0.3, -0.25) is 9.59 Å². The molecule has 4 nitrogen and oxygen atoms in total. The molecule has 1 atom stereocenters. The van der Waals surface area contributed by atoms with Crippen LogP contribution in [0.4, 0.5) is 10.1 Å². The number of imide groups is 1. The van der Waals surface area contributed by atoms with Crippen molar-refractivity contribution in [1.82, 2.24) is 0 Å². The van der Waals surface area contributed by atoms with E-state index in [0.29, 0.717) is 5.75 Å². The number of benzene rings is 1. The van der Waals surface area contributed by atoms with Gasteiger partial charge in [0.2, 0.25) is 11.8 Å². The molecule has 18 heavy (non-hydrogen) atoms. The average Bonchev–Trinajstić information content (AvgIpc) is 2.62. The van der Waals surface area contributed by atoms with Crippen molar-refractivity contribution in [2.24, 2.45) is 0 Å². The van der Waals surface area contributed by atoms with Crippen molar-refractivity contribution in [3.05, 3.63) is 30.1 Å². The van der Waals surface area contributed by atoms with E-state index in [9.17, 15) is 14.0 Å². The van der Waals surface area contributed by atoms with Crippen molar-refractivity contribution in [3.8, 4) is 0 Å². The number of amides is 2. The molecule has 1 aromatic carbocycles. The minimum Gasteiger partial charge on any atom is -0.396 e. The third-order valence-electron chi connectivity index (χ3n) is 2.58. The Morgan fingerprint density at radius 3 is 2.89 bits per heavy atom. The molecule has 0 saturated carbocycles. The molecule has 1 heterocycles. The fourth-order valence-electron chi connectivity index (χ4n) is 1.82. The molecular formula is C12H12FNO3S. The highest BCUT2D eigenvalue weighted by atomic mass is 32.2. The fourth-order valence-corrected chi connectivity index (χ4v) is 2.71. The zero-order chi connectivity index (χ0) is 13.1. The first-order chi connectivity index (χ1) is 8.63. The molecule has 0 aromatic heterocycles. The molecule has 96 valence electrons. The molecule has 0 bridgehead atoms. The van der Waals surface area contributed by atoms with E-state index in [0.717, 1.165) is 11.0 Å². The Morgan fingerprint density at radius 2 is 2.22 bits per heavy atom. The molecule has 6 heteroatoms. The molecule has 0 aliphatic carbocycles. The third kappa shape index (κ3) is 2.54. The van der Waals surface area contributed by atoms with Crippen LogP contribution >= 0.6 is 11.8 Å². The van der Waals surface area contributed by atoms with E-state index in [1.165, 1.54) is 30.0 Å². The van der Waals surface area contributed by atoms with Crippen LogP contribution in [0.15, 0.2) is 24.3 Å². The highest BCUT2D eigenvalue weighted by Crippen LogP contribution is 2.29. The largest absolute Gasteiger partial charge is 0.396 e. The van der Waals surface area contributed by atoms with E-state index in [4.69, 9.17) is 5.11 Å². The van der Waals surface area contributed by atoms with Gasteiger partial charge in [0.25, 0.3) is 0 Å². The van der Waals surface area contributed by atoms with Crippen LogP contribution in [-0.4, -0.2) is 34.5 Å². The standard InChI is InChI=1S/C12H12FNO3S/c13-8-2-1-3-9(6-8)14-11(16)7-10(12(14)17)18-5-4-15/h1-3,6,10,15H,4-5,7H2. The number of nitrogens with zero attached hydrogens (tertiary/aromatic N) is 1. The number of anilines is 1. The summed E-state index contributed by atoms with van der Waals surface area (Å²) in [7, 11) is 0. The van der Waals surface area contributed by atoms with Crippen LogP contribution in [0.2, 0.25) is 0 Å². The smallest absolute Gasteiger partial charge is 0.247 e. The SMILES string of the molecule is O=C1CC(SCCO)C(=O)N1c1cccc(F)c1. The summed E-state index contributed by atoms with van der Waals surface area (Å²) in [4.78, 5) is 24.8. The van der Waals surface area contributed by atoms with Gasteiger partial charge in [-0.1, -0.05) is 6.07 Å². The van der Waals surface area contributed by atoms with Gasteiger partial charge in [-0.2, -0.15) is 0 Å². The lowest BCUT2D eigenvalue weighted by Crippen LogP contribution is -2.31. The number of hydrogen-bond acceptors (Lipinski definition) is 4. The molecule has 0 radical (unpaired) electrons. The highest BCUT2D eigenvalue weighted by molar-refractivity contribution is 8.00. The lowest BCUT2D eigenvalue weighted by atomic mass is 10.3. The maximum absolute atomic E-state index is 13.1. The fraction of sp³-hybridized carbons (Fsp3) is 0.333. The first-order valence-electron chi connectivity index (χ1n) is 5.48. The normalized spacial score (nSPS) is 19.7. The summed E-state index contributed by atoms with van der Waals surface area (Å²) < 4.78 is 13.1. The summed E-state index contributed by atoms with van der Waals surface area (Å²) in [6.45, 7) is -0.0391. The van der Waals surface area contributed by atoms with E-state index in [2.05, 4.69) is 0 Å². The highest BCUT2D eigenvalue weighted by Gasteiger charge is 2.39. The monoisotopic (exact) mass is 269 g/mol. The molecule has 1 aliphatic heterocycles. The lowest BCUT2D eigenvalue weighted by Gasteiger charge is -2.14. The Bertz CT molecular complexity index is 480. The number of aliphatic hydroxyl groups is 1. The molecule has 1 aromatic rings. The first kappa shape index (κ1) is 13.0. The minimum atomic E-state index is -0.487. The van der Waals surface area contributed by atoms with Gasteiger partial charge in [0, 0.05) is 12.2 Å². The molecule has 1 aliphatic rings. The Morgan fingerprint density at radius 1 is 1.44 bits per heavy atom. The van der Waals surface area contributed by atoms with Crippen molar-refractivity contribution < 1.29 is 19.1 Å². The Balaban J connectivity index is 2.19. The molecule has 1 unspecified atom stereocenters. The number of aliphatic hydroxyl groups excluding tert-OH is 1. The number of rotatable bonds is 4. The Hall–Kier alpha value is -1.40. The van der Waals surface area contributed by atoms with Crippen LogP contribution in [-0.2, 0) is 9.59 Å². The number of thioether (sulfide) groups is 1. The van der Waals surface area contributed by atoms with Crippen molar-refractivity contribution in [2.45, 2.75) is 11.7 Å². The molecule has 2 rings (SSSR count). The Kier molecular flexibility index (Phi) is 3.98. The number of carbonyl (C=O) groups is 2. The van der Waals surface area contributed by atoms with E-state index >= 15 is 0 Å². The first-order valence-corrected chi connectivity index (χ1v) is 6.53. The predicted molar refractivity (Wildman–Crippen MR) is 66.8 cm³/mol. The van der Waals surface area contributed by atoms with Crippen LogP contribution in [0.25, 0.3) is 0 Å². The molecule has 0 spiro atoms. The van der Waals surface area contributed by atoms with Crippen molar-refractivity contribution >= 4 is 29.3 Å². The third-order valence-corrected chi connectivity index (χ3v) is 3.77. The van der Waals surface area contributed by atoms with Gasteiger partial charge in [-0.15, -0.1) is 11.8 Å². The second-order valence-electron chi connectivity index (χ2n) is 3.83. The van der Waals surface area contributed by atoms with Crippen LogP contribution in [0.1, 0.15) is 6.42 Å². The number of carbonyl (C=O) groups excluding carboxylic acids is 2. The van der Waals surface area contributed by atoms with Crippen LogP contribution in [0.3, 0.4) is 0 Å². The summed E-state index contributed by atoms with van der Waals surface area (Å²) >= 11 is 1.24. The van der Waals surface area contributed by atoms with Gasteiger partial charge in [-0.25, -0.2) is 9.29 Å². The van der Waals surface area contributed by atoms with Gasteiger partial charge >= 0.3 is 0 Å². The van der Waals surface area contributed by atoms with E-state index < -0.39 is 11.1 Å². The Labute approximate surface area is 108 Å². The predicted octanol–water partition coefficient (Wildman–Crippen LogP) is 1.18. The van der Waals surface area contributed by atoms with Crippen molar-refractivity contribution in [1.29, 1.82) is 0 Å². The quantitative estimate of drug-likeness (QED) is 0.834. The summed E-state index contributed by atoms with van der Waals surface area (Å²) in [6, 6.07) is 5.40. The van der Waals surface area contributed by atoms with Crippen molar-refractivity contribution in [3.63, 3.8) is 0 Å². The van der Waals surface area contributed by atoms with E-state index in [1.807, 2.05) is 0 Å². The molecule has 1 N–H and O–H groups in total. The lowest BCUT2D eigenvalue weighted by molar-refractivity contribution is -0.121. The molecular weight excluding hydrogens is 257 g/mol. The summed E-state index contributed by atoms with van der Waals surface area (Å²) in [5.74, 6) is -0.759. The van der Waals surface area contributed by atoms with Gasteiger partial charge in [0.05, 0.1) is 17.5 Å². The zero-order valence-corrected chi connectivity index (χ0v) is 10.3. The molecule has 2 amide bonds. The topological polar surface area (TPSA) is 57.6 Å². The van der Waals surface area contributed by atoms with Crippen molar-refractivity contribution in [2.75, 3.05) is 17.3 Å². The molecule has 1 fully saturated rings. The van der Waals surface area contributed by atoms with Gasteiger partial charge in [0.15, 0.2) is 0 Å². The number of hydrogen-bond donors (Lipinski definition) is 1. The average molecular weight is 269 g/mol. The minimum absolute atomic E-state index is 0.0391. The second kappa shape index (κ2) is 5.49. The van der Waals surface area contributed by atoms with Crippen LogP contribution < -0.4 is 4.90 Å². The zero-order valence-electron chi connectivity index (χ0n) is 9.51. The van der Waals surface area contributed by atoms with Crippen LogP contribution in [0, 0.1) is 5.82 Å². The van der Waals surface area contributed by atoms with Crippen LogP contribution in [0.5, 0.6) is 0 Å². The number of halogens is 1. The molecule has 1 saturated heterocycles.